The molecule has 0 aliphatic carbocycles. The number of halogens is 1. The molecule has 1 aliphatic rings. The molecule has 1 saturated heterocycles. The van der Waals surface area contributed by atoms with Crippen molar-refractivity contribution in [1.82, 2.24) is 9.97 Å². The highest BCUT2D eigenvalue weighted by atomic mass is 32.2. The van der Waals surface area contributed by atoms with Crippen molar-refractivity contribution in [3.63, 3.8) is 0 Å². The molecule has 2 heterocycles. The van der Waals surface area contributed by atoms with E-state index in [9.17, 15) is 12.8 Å². The van der Waals surface area contributed by atoms with Gasteiger partial charge in [-0.25, -0.2) is 17.8 Å². The Morgan fingerprint density at radius 1 is 1.59 bits per heavy atom. The number of aromatic nitrogens is 2. The summed E-state index contributed by atoms with van der Waals surface area (Å²) in [7, 11) is -3.06. The first-order chi connectivity index (χ1) is 7.80. The number of rotatable bonds is 2. The van der Waals surface area contributed by atoms with Crippen LogP contribution in [0.5, 0.6) is 0 Å². The van der Waals surface area contributed by atoms with Gasteiger partial charge in [-0.1, -0.05) is 0 Å². The summed E-state index contributed by atoms with van der Waals surface area (Å²) >= 11 is 0. The van der Waals surface area contributed by atoms with E-state index in [0.29, 0.717) is 6.42 Å². The average Bonchev–Trinajstić information content (AvgIpc) is 2.47. The third kappa shape index (κ3) is 2.63. The Hall–Kier alpha value is -1.44. The third-order valence-corrected chi connectivity index (χ3v) is 4.59. The van der Waals surface area contributed by atoms with Crippen LogP contribution in [0.15, 0.2) is 6.20 Å². The second kappa shape index (κ2) is 3.80. The smallest absolute Gasteiger partial charge is 0.222 e. The summed E-state index contributed by atoms with van der Waals surface area (Å²) in [5.74, 6) is -0.706. The van der Waals surface area contributed by atoms with Crippen LogP contribution in [-0.2, 0) is 9.84 Å². The lowest BCUT2D eigenvalue weighted by Gasteiger charge is -2.24. The summed E-state index contributed by atoms with van der Waals surface area (Å²) in [6.07, 6.45) is 1.37. The van der Waals surface area contributed by atoms with Gasteiger partial charge in [0.2, 0.25) is 5.95 Å². The third-order valence-electron chi connectivity index (χ3n) is 2.69. The molecule has 17 heavy (non-hydrogen) atoms. The fourth-order valence-corrected chi connectivity index (χ4v) is 3.96. The monoisotopic (exact) mass is 260 g/mol. The molecule has 1 aliphatic heterocycles. The number of hydrogen-bond donors (Lipinski definition) is 2. The second-order valence-corrected chi connectivity index (χ2v) is 6.64. The Morgan fingerprint density at radius 3 is 2.88 bits per heavy atom. The van der Waals surface area contributed by atoms with E-state index in [2.05, 4.69) is 15.3 Å². The summed E-state index contributed by atoms with van der Waals surface area (Å²) in [5.41, 5.74) is 4.64. The predicted octanol–water partition coefficient (Wildman–Crippen LogP) is 0.187. The molecule has 3 N–H and O–H groups in total. The minimum Gasteiger partial charge on any atom is -0.368 e. The molecule has 0 bridgehead atoms. The van der Waals surface area contributed by atoms with Crippen LogP contribution in [0, 0.1) is 5.82 Å². The number of nitrogens with two attached hydrogens (primary N) is 1. The van der Waals surface area contributed by atoms with E-state index < -0.39 is 21.2 Å². The molecule has 0 saturated carbocycles. The molecule has 2 rings (SSSR count). The van der Waals surface area contributed by atoms with Gasteiger partial charge in [0.1, 0.15) is 0 Å². The van der Waals surface area contributed by atoms with Gasteiger partial charge in [-0.05, 0) is 13.3 Å². The van der Waals surface area contributed by atoms with Crippen LogP contribution in [-0.4, -0.2) is 35.4 Å². The topological polar surface area (TPSA) is 98.0 Å². The summed E-state index contributed by atoms with van der Waals surface area (Å²) in [6, 6.07) is 0. The van der Waals surface area contributed by atoms with Gasteiger partial charge >= 0.3 is 0 Å². The zero-order chi connectivity index (χ0) is 12.7. The van der Waals surface area contributed by atoms with Crippen molar-refractivity contribution in [2.24, 2.45) is 0 Å². The Bertz CT molecular complexity index is 548. The van der Waals surface area contributed by atoms with Crippen molar-refractivity contribution in [3.05, 3.63) is 12.0 Å². The van der Waals surface area contributed by atoms with Gasteiger partial charge in [-0.2, -0.15) is 4.98 Å². The molecule has 1 aromatic rings. The Kier molecular flexibility index (Phi) is 2.69. The van der Waals surface area contributed by atoms with E-state index in [1.165, 1.54) is 0 Å². The number of nitrogen functional groups attached to an aromatic ring is 1. The van der Waals surface area contributed by atoms with Crippen molar-refractivity contribution in [1.29, 1.82) is 0 Å². The normalized spacial score (nSPS) is 26.9. The van der Waals surface area contributed by atoms with Crippen molar-refractivity contribution in [3.8, 4) is 0 Å². The van der Waals surface area contributed by atoms with Crippen LogP contribution in [0.4, 0.5) is 16.2 Å². The van der Waals surface area contributed by atoms with Crippen molar-refractivity contribution < 1.29 is 12.8 Å². The maximum Gasteiger partial charge on any atom is 0.222 e. The van der Waals surface area contributed by atoms with Crippen LogP contribution >= 0.6 is 0 Å². The fourth-order valence-electron chi connectivity index (χ4n) is 1.86. The van der Waals surface area contributed by atoms with Gasteiger partial charge in [-0.3, -0.25) is 0 Å². The summed E-state index contributed by atoms with van der Waals surface area (Å²) in [6.45, 7) is 1.72. The van der Waals surface area contributed by atoms with Gasteiger partial charge in [0.15, 0.2) is 21.5 Å². The highest BCUT2D eigenvalue weighted by molar-refractivity contribution is 7.91. The zero-order valence-corrected chi connectivity index (χ0v) is 10.1. The van der Waals surface area contributed by atoms with E-state index in [0.717, 1.165) is 6.20 Å². The Balaban J connectivity index is 2.24. The van der Waals surface area contributed by atoms with Crippen molar-refractivity contribution in [2.45, 2.75) is 18.9 Å². The number of hydrogen-bond acceptors (Lipinski definition) is 6. The fraction of sp³-hybridized carbons (Fsp3) is 0.556. The molecule has 0 spiro atoms. The first kappa shape index (κ1) is 12.0. The van der Waals surface area contributed by atoms with E-state index in [1.54, 1.807) is 6.92 Å². The van der Waals surface area contributed by atoms with Crippen LogP contribution < -0.4 is 11.1 Å². The first-order valence-electron chi connectivity index (χ1n) is 5.06. The number of nitrogens with one attached hydrogen (secondary N) is 1. The van der Waals surface area contributed by atoms with Gasteiger partial charge < -0.3 is 11.1 Å². The molecule has 6 nitrogen and oxygen atoms in total. The molecule has 0 aromatic carbocycles. The first-order valence-corrected chi connectivity index (χ1v) is 6.88. The van der Waals surface area contributed by atoms with Crippen LogP contribution in [0.2, 0.25) is 0 Å². The minimum atomic E-state index is -3.06. The SMILES string of the molecule is CC1(Nc2nc(N)ncc2F)CCS(=O)(=O)C1. The molecule has 94 valence electrons. The molecule has 1 fully saturated rings. The quantitative estimate of drug-likeness (QED) is 0.787. The van der Waals surface area contributed by atoms with Crippen LogP contribution in [0.3, 0.4) is 0 Å². The lowest BCUT2D eigenvalue weighted by atomic mass is 10.0. The molecule has 0 radical (unpaired) electrons. The maximum atomic E-state index is 13.4. The molecule has 1 aromatic heterocycles. The van der Waals surface area contributed by atoms with Crippen molar-refractivity contribution >= 4 is 21.6 Å². The molecule has 1 atom stereocenters. The summed E-state index contributed by atoms with van der Waals surface area (Å²) in [5, 5.41) is 2.80. The van der Waals surface area contributed by atoms with Gasteiger partial charge in [-0.15, -0.1) is 0 Å². The molecule has 0 amide bonds. The molecular weight excluding hydrogens is 247 g/mol. The van der Waals surface area contributed by atoms with E-state index >= 15 is 0 Å². The predicted molar refractivity (Wildman–Crippen MR) is 61.7 cm³/mol. The zero-order valence-electron chi connectivity index (χ0n) is 9.27. The minimum absolute atomic E-state index is 0.0383. The lowest BCUT2D eigenvalue weighted by Crippen LogP contribution is -2.36. The van der Waals surface area contributed by atoms with Crippen LogP contribution in [0.1, 0.15) is 13.3 Å². The van der Waals surface area contributed by atoms with Crippen molar-refractivity contribution in [2.75, 3.05) is 22.6 Å². The van der Waals surface area contributed by atoms with Gasteiger partial charge in [0, 0.05) is 0 Å². The Morgan fingerprint density at radius 2 is 2.29 bits per heavy atom. The molecule has 1 unspecified atom stereocenters. The van der Waals surface area contributed by atoms with Gasteiger partial charge in [0.05, 0.1) is 23.2 Å². The lowest BCUT2D eigenvalue weighted by molar-refractivity contribution is 0.555. The maximum absolute atomic E-state index is 13.4. The highest BCUT2D eigenvalue weighted by Crippen LogP contribution is 2.27. The second-order valence-electron chi connectivity index (χ2n) is 4.45. The number of sulfone groups is 1. The highest BCUT2D eigenvalue weighted by Gasteiger charge is 2.39. The number of nitrogens with zero attached hydrogens (tertiary/aromatic N) is 2. The molecular formula is C9H13FN4O2S. The summed E-state index contributed by atoms with van der Waals surface area (Å²) < 4.78 is 36.2. The van der Waals surface area contributed by atoms with Crippen LogP contribution in [0.25, 0.3) is 0 Å². The number of anilines is 2. The van der Waals surface area contributed by atoms with E-state index in [4.69, 9.17) is 5.73 Å². The van der Waals surface area contributed by atoms with Gasteiger partial charge in [0.25, 0.3) is 0 Å². The largest absolute Gasteiger partial charge is 0.368 e. The van der Waals surface area contributed by atoms with E-state index in [-0.39, 0.29) is 23.3 Å². The average molecular weight is 260 g/mol. The molecule has 8 heteroatoms. The van der Waals surface area contributed by atoms with E-state index in [1.807, 2.05) is 0 Å². The standard InChI is InChI=1S/C9H13FN4O2S/c1-9(2-3-17(15,16)5-9)14-7-6(10)4-12-8(11)13-7/h4H,2-3,5H2,1H3,(H3,11,12,13,14). The summed E-state index contributed by atoms with van der Waals surface area (Å²) in [4.78, 5) is 7.21. The Labute approximate surface area is 98.4 Å².